The predicted molar refractivity (Wildman–Crippen MR) is 148 cm³/mol. The molecular weight excluding hydrogens is 493 g/mol. The minimum atomic E-state index is -0.348. The van der Waals surface area contributed by atoms with Crippen molar-refractivity contribution < 1.29 is 9.90 Å². The first-order chi connectivity index (χ1) is 17.5. The Kier molecular flexibility index (Phi) is 8.02. The maximum absolute atomic E-state index is 12.6. The summed E-state index contributed by atoms with van der Waals surface area (Å²) in [6.45, 7) is 4.09. The van der Waals surface area contributed by atoms with E-state index >= 15 is 0 Å². The van der Waals surface area contributed by atoms with Gasteiger partial charge in [-0.3, -0.25) is 4.79 Å². The predicted octanol–water partition coefficient (Wildman–Crippen LogP) is 5.97. The second-order valence-electron chi connectivity index (χ2n) is 10.1. The summed E-state index contributed by atoms with van der Waals surface area (Å²) in [6.07, 6.45) is 9.09. The largest absolute Gasteiger partial charge is 0.392 e. The van der Waals surface area contributed by atoms with Crippen LogP contribution in [-0.4, -0.2) is 64.6 Å². The lowest BCUT2D eigenvalue weighted by Gasteiger charge is -2.37. The Hall–Kier alpha value is -2.31. The number of carbonyl (C=O) groups is 1. The number of aromatic amines is 1. The number of likely N-dealkylation sites (tertiary alicyclic amines) is 2. The number of halogens is 2. The monoisotopic (exact) mass is 525 g/mol. The molecule has 0 radical (unpaired) electrons. The average Bonchev–Trinajstić information content (AvgIpc) is 3.34. The number of hydrogen-bond acceptors (Lipinski definition) is 3. The number of aliphatic hydroxyl groups excluding tert-OH is 1. The summed E-state index contributed by atoms with van der Waals surface area (Å²) < 4.78 is 0. The molecule has 2 aliphatic heterocycles. The number of fused-ring (bicyclic) bond motifs is 1. The summed E-state index contributed by atoms with van der Waals surface area (Å²) in [6, 6.07) is 13.8. The molecule has 190 valence electrons. The van der Waals surface area contributed by atoms with Gasteiger partial charge >= 0.3 is 0 Å². The summed E-state index contributed by atoms with van der Waals surface area (Å²) in [5.74, 6) is 0.800. The number of rotatable bonds is 6. The van der Waals surface area contributed by atoms with Crippen LogP contribution in [0.15, 0.2) is 54.7 Å². The smallest absolute Gasteiger partial charge is 0.246 e. The molecule has 0 saturated carbocycles. The highest BCUT2D eigenvalue weighted by molar-refractivity contribution is 6.42. The van der Waals surface area contributed by atoms with Gasteiger partial charge in [0.1, 0.15) is 0 Å². The highest BCUT2D eigenvalue weighted by Gasteiger charge is 2.30. The molecule has 1 atom stereocenters. The molecule has 5 nitrogen and oxygen atoms in total. The molecule has 0 bridgehead atoms. The molecule has 36 heavy (non-hydrogen) atoms. The third-order valence-electron chi connectivity index (χ3n) is 7.85. The molecule has 0 spiro atoms. The fraction of sp³-hybridized carbons (Fsp3) is 0.414. The average molecular weight is 527 g/mol. The van der Waals surface area contributed by atoms with E-state index in [1.54, 1.807) is 24.3 Å². The molecule has 2 fully saturated rings. The van der Waals surface area contributed by atoms with E-state index in [1.165, 1.54) is 16.5 Å². The number of para-hydroxylation sites is 1. The summed E-state index contributed by atoms with van der Waals surface area (Å²) in [5, 5.41) is 13.3. The Morgan fingerprint density at radius 2 is 1.78 bits per heavy atom. The van der Waals surface area contributed by atoms with Crippen LogP contribution in [0.25, 0.3) is 17.0 Å². The third kappa shape index (κ3) is 5.81. The minimum absolute atomic E-state index is 0.00614. The van der Waals surface area contributed by atoms with E-state index in [4.69, 9.17) is 23.2 Å². The van der Waals surface area contributed by atoms with E-state index in [0.717, 1.165) is 50.9 Å². The molecule has 3 aromatic rings. The van der Waals surface area contributed by atoms with Crippen LogP contribution in [0.5, 0.6) is 0 Å². The molecule has 2 aliphatic rings. The molecular formula is C29H33Cl2N3O2. The zero-order valence-electron chi connectivity index (χ0n) is 20.4. The molecule has 2 saturated heterocycles. The third-order valence-corrected chi connectivity index (χ3v) is 8.59. The van der Waals surface area contributed by atoms with E-state index in [-0.39, 0.29) is 17.9 Å². The highest BCUT2D eigenvalue weighted by Crippen LogP contribution is 2.33. The van der Waals surface area contributed by atoms with Gasteiger partial charge in [0.15, 0.2) is 0 Å². The minimum Gasteiger partial charge on any atom is -0.392 e. The number of H-pyrrole nitrogens is 1. The van der Waals surface area contributed by atoms with Crippen LogP contribution in [0.2, 0.25) is 10.0 Å². The molecule has 2 aromatic carbocycles. The number of aliphatic hydroxyl groups is 1. The topological polar surface area (TPSA) is 59.6 Å². The van der Waals surface area contributed by atoms with E-state index in [9.17, 15) is 9.90 Å². The lowest BCUT2D eigenvalue weighted by Crippen LogP contribution is -2.45. The number of piperidine rings is 2. The van der Waals surface area contributed by atoms with Gasteiger partial charge in [-0.15, -0.1) is 0 Å². The van der Waals surface area contributed by atoms with Crippen molar-refractivity contribution in [2.45, 2.75) is 37.7 Å². The van der Waals surface area contributed by atoms with Crippen molar-refractivity contribution in [2.24, 2.45) is 5.92 Å². The standard InChI is InChI=1S/C29H33Cl2N3O2/c30-25-7-5-20(17-26(25)31)6-8-29(36)34-15-11-22(12-16-34)28(35)19-33-13-9-21(10-14-33)24-18-32-27-4-2-1-3-23(24)27/h1-8,17-18,21-22,28,32,35H,9-16,19H2/b8-6+. The first-order valence-electron chi connectivity index (χ1n) is 12.9. The number of nitrogens with zero attached hydrogens (tertiary/aromatic N) is 2. The van der Waals surface area contributed by atoms with Crippen LogP contribution >= 0.6 is 23.2 Å². The Morgan fingerprint density at radius 1 is 1.03 bits per heavy atom. The lowest BCUT2D eigenvalue weighted by molar-refractivity contribution is -0.128. The van der Waals surface area contributed by atoms with Crippen LogP contribution in [0.4, 0.5) is 0 Å². The maximum Gasteiger partial charge on any atom is 0.246 e. The first-order valence-corrected chi connectivity index (χ1v) is 13.6. The first kappa shape index (κ1) is 25.3. The second kappa shape index (κ2) is 11.4. The molecule has 1 aromatic heterocycles. The van der Waals surface area contributed by atoms with Gasteiger partial charge in [0.25, 0.3) is 0 Å². The normalized spacial score (nSPS) is 19.4. The Labute approximate surface area is 222 Å². The summed E-state index contributed by atoms with van der Waals surface area (Å²) in [7, 11) is 0. The zero-order valence-corrected chi connectivity index (χ0v) is 21.9. The second-order valence-corrected chi connectivity index (χ2v) is 10.9. The molecule has 3 heterocycles. The molecule has 0 aliphatic carbocycles. The van der Waals surface area contributed by atoms with Gasteiger partial charge in [0.05, 0.1) is 16.1 Å². The van der Waals surface area contributed by atoms with Crippen LogP contribution < -0.4 is 0 Å². The number of hydrogen-bond donors (Lipinski definition) is 2. The fourth-order valence-corrected chi connectivity index (χ4v) is 5.97. The van der Waals surface area contributed by atoms with Crippen molar-refractivity contribution in [1.82, 2.24) is 14.8 Å². The summed E-state index contributed by atoms with van der Waals surface area (Å²) >= 11 is 12.0. The fourth-order valence-electron chi connectivity index (χ4n) is 5.67. The number of amides is 1. The lowest BCUT2D eigenvalue weighted by atomic mass is 9.87. The summed E-state index contributed by atoms with van der Waals surface area (Å²) in [4.78, 5) is 20.3. The van der Waals surface area contributed by atoms with Crippen molar-refractivity contribution in [3.8, 4) is 0 Å². The quantitative estimate of drug-likeness (QED) is 0.390. The number of benzene rings is 2. The number of nitrogens with one attached hydrogen (secondary N) is 1. The van der Waals surface area contributed by atoms with Crippen molar-refractivity contribution >= 4 is 46.1 Å². The van der Waals surface area contributed by atoms with Gasteiger partial charge in [-0.05, 0) is 86.0 Å². The van der Waals surface area contributed by atoms with E-state index in [0.29, 0.717) is 29.1 Å². The Bertz CT molecular complexity index is 1220. The molecule has 1 unspecified atom stereocenters. The Morgan fingerprint density at radius 3 is 2.53 bits per heavy atom. The van der Waals surface area contributed by atoms with Crippen LogP contribution in [0.3, 0.4) is 0 Å². The van der Waals surface area contributed by atoms with Crippen LogP contribution in [-0.2, 0) is 4.79 Å². The van der Waals surface area contributed by atoms with Crippen molar-refractivity contribution in [2.75, 3.05) is 32.7 Å². The molecule has 2 N–H and O–H groups in total. The maximum atomic E-state index is 12.6. The van der Waals surface area contributed by atoms with E-state index in [1.807, 2.05) is 11.0 Å². The Balaban J connectivity index is 1.06. The molecule has 1 amide bonds. The van der Waals surface area contributed by atoms with Crippen LogP contribution in [0.1, 0.15) is 42.7 Å². The number of carbonyl (C=O) groups excluding carboxylic acids is 1. The van der Waals surface area contributed by atoms with Gasteiger partial charge in [0, 0.05) is 42.8 Å². The molecule has 5 rings (SSSR count). The SMILES string of the molecule is O=C(/C=C/c1ccc(Cl)c(Cl)c1)N1CCC(C(O)CN2CCC(c3c[nH]c4ccccc34)CC2)CC1. The van der Waals surface area contributed by atoms with Gasteiger partial charge in [-0.2, -0.15) is 0 Å². The van der Waals surface area contributed by atoms with E-state index in [2.05, 4.69) is 40.3 Å². The van der Waals surface area contributed by atoms with Gasteiger partial charge in [-0.1, -0.05) is 47.5 Å². The van der Waals surface area contributed by atoms with Crippen LogP contribution in [0, 0.1) is 5.92 Å². The number of β-amino-alcohol motifs (C(OH)–C–C–N with tert-alkyl or cyclic N) is 1. The highest BCUT2D eigenvalue weighted by atomic mass is 35.5. The van der Waals surface area contributed by atoms with Crippen molar-refractivity contribution in [3.63, 3.8) is 0 Å². The van der Waals surface area contributed by atoms with Crippen molar-refractivity contribution in [3.05, 3.63) is 75.9 Å². The van der Waals surface area contributed by atoms with Gasteiger partial charge < -0.3 is 19.9 Å². The van der Waals surface area contributed by atoms with Gasteiger partial charge in [0.2, 0.25) is 5.91 Å². The van der Waals surface area contributed by atoms with Crippen molar-refractivity contribution in [1.29, 1.82) is 0 Å². The van der Waals surface area contributed by atoms with E-state index < -0.39 is 0 Å². The zero-order chi connectivity index (χ0) is 25.1. The van der Waals surface area contributed by atoms with Gasteiger partial charge in [-0.25, -0.2) is 0 Å². The molecule has 7 heteroatoms. The summed E-state index contributed by atoms with van der Waals surface area (Å²) in [5.41, 5.74) is 3.48. The number of aromatic nitrogens is 1.